The molecule has 14 heteroatoms. The van der Waals surface area contributed by atoms with Gasteiger partial charge in [-0.25, -0.2) is 9.78 Å². The van der Waals surface area contributed by atoms with Gasteiger partial charge >= 0.3 is 12.3 Å². The summed E-state index contributed by atoms with van der Waals surface area (Å²) in [6, 6.07) is 14.7. The number of nitrogens with one attached hydrogen (secondary N) is 1. The first kappa shape index (κ1) is 31.3. The van der Waals surface area contributed by atoms with Crippen LogP contribution in [0.2, 0.25) is 0 Å². The van der Waals surface area contributed by atoms with Crippen molar-refractivity contribution in [2.75, 3.05) is 13.1 Å². The zero-order valence-corrected chi connectivity index (χ0v) is 25.0. The number of benzene rings is 2. The van der Waals surface area contributed by atoms with Crippen LogP contribution < -0.4 is 10.9 Å². The molecule has 1 atom stereocenters. The molecular weight excluding hydrogens is 605 g/mol. The Morgan fingerprint density at radius 1 is 1.00 bits per heavy atom. The third-order valence-electron chi connectivity index (χ3n) is 9.11. The van der Waals surface area contributed by atoms with Crippen molar-refractivity contribution in [2.24, 2.45) is 7.05 Å². The van der Waals surface area contributed by atoms with Crippen molar-refractivity contribution in [2.45, 2.75) is 61.9 Å². The highest BCUT2D eigenvalue weighted by molar-refractivity contribution is 5.89. The maximum atomic E-state index is 13.8. The molecule has 242 valence electrons. The summed E-state index contributed by atoms with van der Waals surface area (Å²) in [5.41, 5.74) is 0.245. The number of aliphatic hydroxyl groups is 1. The first-order valence-electron chi connectivity index (χ1n) is 14.9. The summed E-state index contributed by atoms with van der Waals surface area (Å²) in [5, 5.41) is 27.5. The van der Waals surface area contributed by atoms with Crippen molar-refractivity contribution in [1.82, 2.24) is 29.5 Å². The highest BCUT2D eigenvalue weighted by atomic mass is 19.4. The predicted octanol–water partition coefficient (Wildman–Crippen LogP) is 4.14. The van der Waals surface area contributed by atoms with Crippen LogP contribution >= 0.6 is 0 Å². The molecule has 1 unspecified atom stereocenters. The van der Waals surface area contributed by atoms with Crippen molar-refractivity contribution < 1.29 is 33.0 Å². The standard InChI is InChI=1S/C32H33F3N6O5/c1-39-27(21-7-9-22(10-8-21)31(11-12-31)37-29(44)45)25-26(38-39)28(43)41(19-36-25)18-30(46)13-15-40(16-14-30)24(42)17-23(32(33,34)35)20-5-3-2-4-6-20/h2-10,19,23,37,46H,11-18H2,1H3,(H,44,45). The second-order valence-electron chi connectivity index (χ2n) is 12.3. The number of rotatable bonds is 8. The average Bonchev–Trinajstić information content (AvgIpc) is 3.70. The van der Waals surface area contributed by atoms with Gasteiger partial charge in [-0.1, -0.05) is 54.6 Å². The number of amides is 2. The van der Waals surface area contributed by atoms with Gasteiger partial charge in [0.25, 0.3) is 5.56 Å². The van der Waals surface area contributed by atoms with E-state index in [2.05, 4.69) is 15.4 Å². The maximum absolute atomic E-state index is 13.8. The molecule has 0 bridgehead atoms. The fourth-order valence-corrected chi connectivity index (χ4v) is 6.35. The summed E-state index contributed by atoms with van der Waals surface area (Å²) in [6.45, 7) is -0.0243. The Morgan fingerprint density at radius 3 is 2.24 bits per heavy atom. The summed E-state index contributed by atoms with van der Waals surface area (Å²) in [7, 11) is 1.68. The monoisotopic (exact) mass is 638 g/mol. The number of piperidine rings is 1. The molecule has 2 amide bonds. The molecule has 1 saturated carbocycles. The largest absolute Gasteiger partial charge is 0.465 e. The third kappa shape index (κ3) is 6.08. The van der Waals surface area contributed by atoms with Gasteiger partial charge in [0.1, 0.15) is 5.52 Å². The van der Waals surface area contributed by atoms with Gasteiger partial charge in [0.2, 0.25) is 5.91 Å². The lowest BCUT2D eigenvalue weighted by atomic mass is 9.90. The maximum Gasteiger partial charge on any atom is 0.405 e. The number of likely N-dealkylation sites (tertiary alicyclic amines) is 1. The Bertz CT molecular complexity index is 1830. The molecule has 2 aromatic heterocycles. The number of hydrogen-bond donors (Lipinski definition) is 3. The second kappa shape index (κ2) is 11.6. The zero-order valence-electron chi connectivity index (χ0n) is 25.0. The van der Waals surface area contributed by atoms with Crippen LogP contribution in [0.5, 0.6) is 0 Å². The fourth-order valence-electron chi connectivity index (χ4n) is 6.35. The predicted molar refractivity (Wildman–Crippen MR) is 161 cm³/mol. The van der Waals surface area contributed by atoms with E-state index in [0.717, 1.165) is 11.1 Å². The number of carboxylic acid groups (broad SMARTS) is 1. The Kier molecular flexibility index (Phi) is 7.87. The summed E-state index contributed by atoms with van der Waals surface area (Å²) in [4.78, 5) is 43.4. The smallest absolute Gasteiger partial charge is 0.405 e. The van der Waals surface area contributed by atoms with Crippen molar-refractivity contribution in [3.8, 4) is 11.3 Å². The molecule has 1 aliphatic heterocycles. The van der Waals surface area contributed by atoms with Crippen LogP contribution in [0.15, 0.2) is 65.7 Å². The van der Waals surface area contributed by atoms with E-state index in [1.54, 1.807) is 17.8 Å². The van der Waals surface area contributed by atoms with Gasteiger partial charge in [-0.05, 0) is 36.8 Å². The lowest BCUT2D eigenvalue weighted by molar-refractivity contribution is -0.162. The van der Waals surface area contributed by atoms with Gasteiger partial charge in [0.15, 0.2) is 5.52 Å². The molecular formula is C32H33F3N6O5. The SMILES string of the molecule is Cn1nc2c(=O)n(CC3(O)CCN(C(=O)CC(c4ccccc4)C(F)(F)F)CC3)cnc2c1-c1ccc(C2(NC(=O)O)CC2)cc1. The number of aryl methyl sites for hydroxylation is 1. The van der Waals surface area contributed by atoms with Crippen molar-refractivity contribution in [1.29, 1.82) is 0 Å². The van der Waals surface area contributed by atoms with E-state index >= 15 is 0 Å². The second-order valence-corrected chi connectivity index (χ2v) is 12.3. The Morgan fingerprint density at radius 2 is 1.65 bits per heavy atom. The normalized spacial score (nSPS) is 17.9. The zero-order chi connectivity index (χ0) is 32.9. The number of carbonyl (C=O) groups is 2. The molecule has 1 saturated heterocycles. The Labute approximate surface area is 261 Å². The van der Waals surface area contributed by atoms with E-state index in [9.17, 15) is 37.8 Å². The molecule has 2 fully saturated rings. The van der Waals surface area contributed by atoms with Gasteiger partial charge < -0.3 is 20.4 Å². The number of nitrogens with zero attached hydrogens (tertiary/aromatic N) is 5. The number of carbonyl (C=O) groups excluding carboxylic acids is 1. The molecule has 1 aliphatic carbocycles. The minimum atomic E-state index is -4.59. The minimum Gasteiger partial charge on any atom is -0.465 e. The minimum absolute atomic E-state index is 0.0218. The van der Waals surface area contributed by atoms with Crippen molar-refractivity contribution >= 4 is 23.0 Å². The highest BCUT2D eigenvalue weighted by Gasteiger charge is 2.46. The van der Waals surface area contributed by atoms with E-state index in [0.29, 0.717) is 24.1 Å². The first-order chi connectivity index (χ1) is 21.8. The van der Waals surface area contributed by atoms with E-state index in [1.165, 1.54) is 40.1 Å². The van der Waals surface area contributed by atoms with Gasteiger partial charge in [-0.3, -0.25) is 18.8 Å². The van der Waals surface area contributed by atoms with E-state index in [4.69, 9.17) is 0 Å². The van der Waals surface area contributed by atoms with Gasteiger partial charge in [0, 0.05) is 32.1 Å². The Hall–Kier alpha value is -4.72. The number of alkyl halides is 3. The van der Waals surface area contributed by atoms with Crippen LogP contribution in [0.3, 0.4) is 0 Å². The van der Waals surface area contributed by atoms with Gasteiger partial charge in [-0.15, -0.1) is 0 Å². The molecule has 6 rings (SSSR count). The van der Waals surface area contributed by atoms with Crippen LogP contribution in [-0.4, -0.2) is 71.3 Å². The van der Waals surface area contributed by atoms with E-state index in [1.807, 2.05) is 24.3 Å². The molecule has 3 N–H and O–H groups in total. The fraction of sp³-hybridized carbons (Fsp3) is 0.406. The number of fused-ring (bicyclic) bond motifs is 1. The molecule has 0 spiro atoms. The highest BCUT2D eigenvalue weighted by Crippen LogP contribution is 2.46. The summed E-state index contributed by atoms with van der Waals surface area (Å²) < 4.78 is 44.2. The van der Waals surface area contributed by atoms with Crippen LogP contribution in [0.25, 0.3) is 22.3 Å². The lowest BCUT2D eigenvalue weighted by Crippen LogP contribution is -2.50. The molecule has 4 aromatic rings. The van der Waals surface area contributed by atoms with Gasteiger partial charge in [-0.2, -0.15) is 18.3 Å². The number of halogens is 3. The molecule has 11 nitrogen and oxygen atoms in total. The molecule has 46 heavy (non-hydrogen) atoms. The summed E-state index contributed by atoms with van der Waals surface area (Å²) in [6.07, 6.45) is -3.49. The molecule has 2 aromatic carbocycles. The average molecular weight is 639 g/mol. The van der Waals surface area contributed by atoms with Crippen LogP contribution in [0, 0.1) is 0 Å². The Balaban J connectivity index is 1.14. The summed E-state index contributed by atoms with van der Waals surface area (Å²) >= 11 is 0. The first-order valence-corrected chi connectivity index (χ1v) is 14.9. The van der Waals surface area contributed by atoms with Gasteiger partial charge in [0.05, 0.1) is 35.6 Å². The van der Waals surface area contributed by atoms with Crippen LogP contribution in [-0.2, 0) is 23.9 Å². The lowest BCUT2D eigenvalue weighted by Gasteiger charge is -2.39. The van der Waals surface area contributed by atoms with Crippen LogP contribution in [0.4, 0.5) is 18.0 Å². The quantitative estimate of drug-likeness (QED) is 0.263. The van der Waals surface area contributed by atoms with E-state index < -0.39 is 47.2 Å². The summed E-state index contributed by atoms with van der Waals surface area (Å²) in [5.74, 6) is -2.57. The molecule has 3 heterocycles. The topological polar surface area (TPSA) is 143 Å². The number of hydrogen-bond acceptors (Lipinski definition) is 6. The number of aromatic nitrogens is 4. The molecule has 0 radical (unpaired) electrons. The van der Waals surface area contributed by atoms with Crippen LogP contribution in [0.1, 0.15) is 49.1 Å². The van der Waals surface area contributed by atoms with E-state index in [-0.39, 0.29) is 43.6 Å². The third-order valence-corrected chi connectivity index (χ3v) is 9.11. The molecule has 2 aliphatic rings. The van der Waals surface area contributed by atoms with Crippen molar-refractivity contribution in [3.63, 3.8) is 0 Å². The van der Waals surface area contributed by atoms with Crippen molar-refractivity contribution in [3.05, 3.63) is 82.4 Å².